The van der Waals surface area contributed by atoms with Gasteiger partial charge in [-0.05, 0) is 28.1 Å². The number of hydrogen-bond donors (Lipinski definition) is 0. The minimum Gasteiger partial charge on any atom is -0.488 e. The highest BCUT2D eigenvalue weighted by atomic mass is 79.9. The van der Waals surface area contributed by atoms with Gasteiger partial charge in [0, 0.05) is 22.3 Å². The molecule has 0 aliphatic carbocycles. The first-order chi connectivity index (χ1) is 9.79. The third-order valence-corrected chi connectivity index (χ3v) is 4.55. The highest BCUT2D eigenvalue weighted by Gasteiger charge is 2.19. The summed E-state index contributed by atoms with van der Waals surface area (Å²) in [5.41, 5.74) is 0.291. The third-order valence-electron chi connectivity index (χ3n) is 2.59. The maximum atomic E-state index is 13.7. The van der Waals surface area contributed by atoms with Crippen LogP contribution in [0.1, 0.15) is 5.56 Å². The van der Waals surface area contributed by atoms with E-state index in [4.69, 9.17) is 15.4 Å². The summed E-state index contributed by atoms with van der Waals surface area (Å²) >= 11 is 3.06. The zero-order chi connectivity index (χ0) is 15.6. The van der Waals surface area contributed by atoms with Crippen molar-refractivity contribution >= 4 is 35.7 Å². The lowest BCUT2D eigenvalue weighted by molar-refractivity contribution is 0.296. The monoisotopic (exact) mass is 396 g/mol. The van der Waals surface area contributed by atoms with Crippen LogP contribution in [0.25, 0.3) is 0 Å². The normalized spacial score (nSPS) is 11.4. The molecule has 0 N–H and O–H groups in total. The third kappa shape index (κ3) is 3.93. The van der Waals surface area contributed by atoms with Crippen LogP contribution in [0.3, 0.4) is 0 Å². The molecule has 21 heavy (non-hydrogen) atoms. The molecule has 0 aliphatic rings. The zero-order valence-electron chi connectivity index (χ0n) is 10.3. The Labute approximate surface area is 133 Å². The molecular weight excluding hydrogens is 390 g/mol. The smallest absolute Gasteiger partial charge is 0.264 e. The van der Waals surface area contributed by atoms with E-state index >= 15 is 0 Å². The molecular formula is C13H8BrClF2O3S. The summed E-state index contributed by atoms with van der Waals surface area (Å²) in [4.78, 5) is -0.658. The summed E-state index contributed by atoms with van der Waals surface area (Å²) in [5, 5.41) is 0. The first-order valence-electron chi connectivity index (χ1n) is 5.59. The molecule has 2 rings (SSSR count). The zero-order valence-corrected chi connectivity index (χ0v) is 13.5. The number of hydrogen-bond acceptors (Lipinski definition) is 3. The summed E-state index contributed by atoms with van der Waals surface area (Å²) in [7, 11) is 0.908. The first kappa shape index (κ1) is 16.2. The van der Waals surface area contributed by atoms with Crippen LogP contribution in [0.5, 0.6) is 5.75 Å². The van der Waals surface area contributed by atoms with Crippen LogP contribution in [-0.2, 0) is 15.7 Å². The van der Waals surface area contributed by atoms with Gasteiger partial charge in [-0.2, -0.15) is 0 Å². The molecule has 112 valence electrons. The standard InChI is InChI=1S/C13H8BrClF2O3S/c14-9-5-13(21(15,18)19)11(17)6-12(9)20-7-8-3-1-2-4-10(8)16/h1-6H,7H2. The number of ether oxygens (including phenoxy) is 1. The SMILES string of the molecule is O=S(=O)(Cl)c1cc(Br)c(OCc2ccccc2F)cc1F. The second-order valence-electron chi connectivity index (χ2n) is 4.03. The van der Waals surface area contributed by atoms with Crippen molar-refractivity contribution in [3.05, 3.63) is 58.1 Å². The predicted molar refractivity (Wildman–Crippen MR) is 77.9 cm³/mol. The maximum Gasteiger partial charge on any atom is 0.264 e. The molecule has 2 aromatic rings. The highest BCUT2D eigenvalue weighted by Crippen LogP contribution is 2.32. The molecule has 8 heteroatoms. The Bertz CT molecular complexity index is 781. The van der Waals surface area contributed by atoms with Gasteiger partial charge in [-0.25, -0.2) is 17.2 Å². The van der Waals surface area contributed by atoms with Gasteiger partial charge in [0.2, 0.25) is 0 Å². The van der Waals surface area contributed by atoms with Crippen LogP contribution in [0.4, 0.5) is 8.78 Å². The van der Waals surface area contributed by atoms with E-state index in [9.17, 15) is 17.2 Å². The number of halogens is 4. The van der Waals surface area contributed by atoms with E-state index < -0.39 is 25.6 Å². The van der Waals surface area contributed by atoms with Crippen molar-refractivity contribution in [1.82, 2.24) is 0 Å². The Hall–Kier alpha value is -1.18. The fourth-order valence-corrected chi connectivity index (χ4v) is 3.09. The van der Waals surface area contributed by atoms with Gasteiger partial charge in [-0.1, -0.05) is 18.2 Å². The molecule has 0 heterocycles. The van der Waals surface area contributed by atoms with Gasteiger partial charge in [0.1, 0.15) is 28.9 Å². The molecule has 0 bridgehead atoms. The molecule has 0 aromatic heterocycles. The highest BCUT2D eigenvalue weighted by molar-refractivity contribution is 9.10. The Balaban J connectivity index is 2.26. The molecule has 3 nitrogen and oxygen atoms in total. The van der Waals surface area contributed by atoms with E-state index in [1.807, 2.05) is 0 Å². The summed E-state index contributed by atoms with van der Waals surface area (Å²) < 4.78 is 54.9. The fourth-order valence-electron chi connectivity index (χ4n) is 1.58. The van der Waals surface area contributed by atoms with Gasteiger partial charge in [0.15, 0.2) is 0 Å². The molecule has 0 saturated heterocycles. The molecule has 0 atom stereocenters. The predicted octanol–water partition coefficient (Wildman–Crippen LogP) is 4.23. The Morgan fingerprint density at radius 3 is 2.43 bits per heavy atom. The molecule has 0 fully saturated rings. The van der Waals surface area contributed by atoms with Crippen molar-refractivity contribution in [2.24, 2.45) is 0 Å². The van der Waals surface area contributed by atoms with Gasteiger partial charge in [0.05, 0.1) is 4.47 Å². The quantitative estimate of drug-likeness (QED) is 0.725. The van der Waals surface area contributed by atoms with E-state index in [-0.39, 0.29) is 16.8 Å². The summed E-state index contributed by atoms with van der Waals surface area (Å²) in [6.07, 6.45) is 0. The molecule has 0 unspecified atom stereocenters. The van der Waals surface area contributed by atoms with Crippen molar-refractivity contribution in [2.45, 2.75) is 11.5 Å². The summed E-state index contributed by atoms with van der Waals surface area (Å²) in [5.74, 6) is -1.45. The summed E-state index contributed by atoms with van der Waals surface area (Å²) in [6.45, 7) is -0.127. The molecule has 0 spiro atoms. The van der Waals surface area contributed by atoms with Crippen molar-refractivity contribution in [1.29, 1.82) is 0 Å². The second-order valence-corrected chi connectivity index (χ2v) is 7.42. The van der Waals surface area contributed by atoms with Gasteiger partial charge in [-0.3, -0.25) is 0 Å². The number of benzene rings is 2. The molecule has 2 aromatic carbocycles. The molecule has 0 radical (unpaired) electrons. The second kappa shape index (κ2) is 6.29. The van der Waals surface area contributed by atoms with Crippen LogP contribution in [0.2, 0.25) is 0 Å². The average Bonchev–Trinajstić information content (AvgIpc) is 2.39. The van der Waals surface area contributed by atoms with Crippen molar-refractivity contribution in [3.8, 4) is 5.75 Å². The Morgan fingerprint density at radius 1 is 1.14 bits per heavy atom. The average molecular weight is 398 g/mol. The fraction of sp³-hybridized carbons (Fsp3) is 0.0769. The largest absolute Gasteiger partial charge is 0.488 e. The van der Waals surface area contributed by atoms with Gasteiger partial charge >= 0.3 is 0 Å². The van der Waals surface area contributed by atoms with Crippen LogP contribution in [0.15, 0.2) is 45.8 Å². The van der Waals surface area contributed by atoms with Crippen molar-refractivity contribution < 1.29 is 21.9 Å². The van der Waals surface area contributed by atoms with Crippen LogP contribution < -0.4 is 4.74 Å². The van der Waals surface area contributed by atoms with Crippen LogP contribution >= 0.6 is 26.6 Å². The topological polar surface area (TPSA) is 43.4 Å². The van der Waals surface area contributed by atoms with Crippen molar-refractivity contribution in [3.63, 3.8) is 0 Å². The van der Waals surface area contributed by atoms with E-state index in [2.05, 4.69) is 15.9 Å². The Kier molecular flexibility index (Phi) is 4.85. The van der Waals surface area contributed by atoms with Crippen LogP contribution in [0, 0.1) is 11.6 Å². The summed E-state index contributed by atoms with van der Waals surface area (Å²) in [6, 6.07) is 7.85. The maximum absolute atomic E-state index is 13.7. The van der Waals surface area contributed by atoms with Gasteiger partial charge < -0.3 is 4.74 Å². The molecule has 0 saturated carbocycles. The van der Waals surface area contributed by atoms with Gasteiger partial charge in [0.25, 0.3) is 9.05 Å². The lowest BCUT2D eigenvalue weighted by Gasteiger charge is -2.10. The first-order valence-corrected chi connectivity index (χ1v) is 8.69. The van der Waals surface area contributed by atoms with Crippen LogP contribution in [-0.4, -0.2) is 8.42 Å². The van der Waals surface area contributed by atoms with E-state index in [0.717, 1.165) is 12.1 Å². The molecule has 0 aliphatic heterocycles. The van der Waals surface area contributed by atoms with E-state index in [1.165, 1.54) is 18.2 Å². The lowest BCUT2D eigenvalue weighted by Crippen LogP contribution is -2.01. The van der Waals surface area contributed by atoms with E-state index in [0.29, 0.717) is 5.56 Å². The number of rotatable bonds is 4. The van der Waals surface area contributed by atoms with E-state index in [1.54, 1.807) is 6.07 Å². The van der Waals surface area contributed by atoms with Crippen molar-refractivity contribution in [2.75, 3.05) is 0 Å². The lowest BCUT2D eigenvalue weighted by atomic mass is 10.2. The molecule has 0 amide bonds. The minimum absolute atomic E-state index is 0.0415. The Morgan fingerprint density at radius 2 is 1.81 bits per heavy atom. The minimum atomic E-state index is -4.19. The van der Waals surface area contributed by atoms with Gasteiger partial charge in [-0.15, -0.1) is 0 Å².